The van der Waals surface area contributed by atoms with Crippen LogP contribution in [-0.2, 0) is 24.4 Å². The number of alkyl halides is 2. The van der Waals surface area contributed by atoms with Crippen molar-refractivity contribution in [3.8, 4) is 0 Å². The molecule has 0 saturated carbocycles. The fourth-order valence-electron chi connectivity index (χ4n) is 2.47. The van der Waals surface area contributed by atoms with Crippen molar-refractivity contribution in [2.24, 2.45) is 0 Å². The molecule has 0 aliphatic heterocycles. The lowest BCUT2D eigenvalue weighted by atomic mass is 10.1. The predicted molar refractivity (Wildman–Crippen MR) is 107 cm³/mol. The molecule has 1 rings (SSSR count). The molecule has 0 aliphatic rings. The number of hydrogen-bond donors (Lipinski definition) is 1. The van der Waals surface area contributed by atoms with E-state index >= 15 is 8.78 Å². The number of rotatable bonds is 11. The van der Waals surface area contributed by atoms with E-state index in [1.54, 1.807) is 44.2 Å². The maximum absolute atomic E-state index is 15.0. The van der Waals surface area contributed by atoms with Crippen molar-refractivity contribution in [3.05, 3.63) is 41.5 Å². The Morgan fingerprint density at radius 1 is 1.21 bits per heavy atom. The molecule has 0 radical (unpaired) electrons. The summed E-state index contributed by atoms with van der Waals surface area (Å²) >= 11 is 0. The number of aliphatic hydroxyl groups is 1. The third-order valence-corrected chi connectivity index (χ3v) is 7.89. The van der Waals surface area contributed by atoms with Crippen molar-refractivity contribution in [2.45, 2.75) is 63.0 Å². The van der Waals surface area contributed by atoms with Crippen LogP contribution in [0.3, 0.4) is 0 Å². The van der Waals surface area contributed by atoms with Gasteiger partial charge in [-0.25, -0.2) is 0 Å². The van der Waals surface area contributed by atoms with Crippen LogP contribution in [0.1, 0.15) is 39.7 Å². The van der Waals surface area contributed by atoms with Gasteiger partial charge in [0.05, 0.1) is 29.3 Å². The highest BCUT2D eigenvalue weighted by Crippen LogP contribution is 2.64. The number of hydrogen-bond acceptors (Lipinski definition) is 5. The molecule has 0 spiro atoms. The van der Waals surface area contributed by atoms with E-state index in [2.05, 4.69) is 0 Å². The van der Waals surface area contributed by atoms with Crippen LogP contribution < -0.4 is 0 Å². The van der Waals surface area contributed by atoms with Gasteiger partial charge in [-0.2, -0.15) is 8.78 Å². The number of aryl methyl sites for hydroxylation is 1. The molecule has 28 heavy (non-hydrogen) atoms. The largest absolute Gasteiger partial charge is 0.402 e. The molecule has 5 nitrogen and oxygen atoms in total. The standard InChI is InChI=1S/C19H29F2O5PS/c1-6-25-27(23,26-7-2)19(20,21)18(22)17(13-8-14(3)4)28(24)16-11-9-15(5)10-12-16/h8-12,17-18,22H,6-7,13H2,1-5H3/t17-,18-,28?/m0/s1. The van der Waals surface area contributed by atoms with E-state index in [-0.39, 0.29) is 19.6 Å². The molecule has 0 saturated heterocycles. The Morgan fingerprint density at radius 2 is 1.71 bits per heavy atom. The molecule has 3 atom stereocenters. The molecule has 0 bridgehead atoms. The van der Waals surface area contributed by atoms with Gasteiger partial charge in [0.15, 0.2) is 0 Å². The fourth-order valence-corrected chi connectivity index (χ4v) is 5.60. The van der Waals surface area contributed by atoms with E-state index in [9.17, 15) is 13.9 Å². The van der Waals surface area contributed by atoms with Crippen LogP contribution in [0.25, 0.3) is 0 Å². The summed E-state index contributed by atoms with van der Waals surface area (Å²) in [6.07, 6.45) is -0.964. The van der Waals surface area contributed by atoms with Gasteiger partial charge in [0.1, 0.15) is 6.10 Å². The van der Waals surface area contributed by atoms with E-state index in [4.69, 9.17) is 9.05 Å². The predicted octanol–water partition coefficient (Wildman–Crippen LogP) is 5.05. The normalized spacial score (nSPS) is 15.7. The summed E-state index contributed by atoms with van der Waals surface area (Å²) in [7, 11) is -6.93. The van der Waals surface area contributed by atoms with Crippen molar-refractivity contribution in [2.75, 3.05) is 13.2 Å². The Labute approximate surface area is 168 Å². The molecule has 0 aliphatic carbocycles. The van der Waals surface area contributed by atoms with Crippen molar-refractivity contribution >= 4 is 18.4 Å². The first-order valence-electron chi connectivity index (χ1n) is 9.05. The summed E-state index contributed by atoms with van der Waals surface area (Å²) in [5, 5.41) is 9.12. The minimum atomic E-state index is -4.96. The Bertz CT molecular complexity index is 722. The minimum Gasteiger partial charge on any atom is -0.385 e. The molecule has 160 valence electrons. The summed E-state index contributed by atoms with van der Waals surface area (Å²) in [5.74, 6) is 0. The summed E-state index contributed by atoms with van der Waals surface area (Å²) in [5.41, 5.74) is -2.48. The smallest absolute Gasteiger partial charge is 0.385 e. The summed E-state index contributed by atoms with van der Waals surface area (Å²) in [4.78, 5) is 0.301. The number of benzene rings is 1. The van der Waals surface area contributed by atoms with E-state index in [0.29, 0.717) is 4.90 Å². The molecule has 0 fully saturated rings. The average molecular weight is 438 g/mol. The monoisotopic (exact) mass is 438 g/mol. The highest BCUT2D eigenvalue weighted by Gasteiger charge is 2.61. The molecule has 1 unspecified atom stereocenters. The van der Waals surface area contributed by atoms with Gasteiger partial charge in [-0.05, 0) is 53.2 Å². The Balaban J connectivity index is 3.34. The molecular weight excluding hydrogens is 409 g/mol. The van der Waals surface area contributed by atoms with Gasteiger partial charge in [0, 0.05) is 4.90 Å². The first-order chi connectivity index (χ1) is 13.0. The maximum Gasteiger partial charge on any atom is 0.402 e. The van der Waals surface area contributed by atoms with Crippen molar-refractivity contribution in [1.29, 1.82) is 0 Å². The molecule has 1 aromatic carbocycles. The first-order valence-corrected chi connectivity index (χ1v) is 11.8. The van der Waals surface area contributed by atoms with Gasteiger partial charge in [0.2, 0.25) is 0 Å². The van der Waals surface area contributed by atoms with Crippen molar-refractivity contribution in [1.82, 2.24) is 0 Å². The third-order valence-electron chi connectivity index (χ3n) is 3.96. The first kappa shape index (κ1) is 25.1. The van der Waals surface area contributed by atoms with Crippen LogP contribution in [0.2, 0.25) is 0 Å². The van der Waals surface area contributed by atoms with Crippen LogP contribution in [-0.4, -0.2) is 39.5 Å². The number of allylic oxidation sites excluding steroid dienone is 2. The quantitative estimate of drug-likeness (QED) is 0.387. The lowest BCUT2D eigenvalue weighted by Gasteiger charge is -2.32. The van der Waals surface area contributed by atoms with E-state index in [1.807, 2.05) is 6.92 Å². The topological polar surface area (TPSA) is 72.8 Å². The van der Waals surface area contributed by atoms with E-state index in [1.165, 1.54) is 13.8 Å². The molecule has 1 aromatic rings. The highest BCUT2D eigenvalue weighted by atomic mass is 32.2. The molecule has 1 N–H and O–H groups in total. The summed E-state index contributed by atoms with van der Waals surface area (Å²) in [6, 6.07) is 6.55. The van der Waals surface area contributed by atoms with Crippen molar-refractivity contribution < 1.29 is 31.7 Å². The van der Waals surface area contributed by atoms with Crippen LogP contribution >= 0.6 is 7.60 Å². The van der Waals surface area contributed by atoms with Crippen LogP contribution in [0.5, 0.6) is 0 Å². The molecule has 0 amide bonds. The highest BCUT2D eigenvalue weighted by molar-refractivity contribution is 7.85. The van der Waals surface area contributed by atoms with Gasteiger partial charge in [-0.3, -0.25) is 8.77 Å². The average Bonchev–Trinajstić information content (AvgIpc) is 2.62. The second kappa shape index (κ2) is 10.7. The minimum absolute atomic E-state index is 0.0855. The van der Waals surface area contributed by atoms with Crippen molar-refractivity contribution in [3.63, 3.8) is 0 Å². The van der Waals surface area contributed by atoms with Gasteiger partial charge in [-0.15, -0.1) is 0 Å². The van der Waals surface area contributed by atoms with E-state index < -0.39 is 35.4 Å². The summed E-state index contributed by atoms with van der Waals surface area (Å²) in [6.45, 7) is 7.62. The Morgan fingerprint density at radius 3 is 2.14 bits per heavy atom. The van der Waals surface area contributed by atoms with Gasteiger partial charge in [-0.1, -0.05) is 29.3 Å². The molecule has 0 aromatic heterocycles. The molecule has 0 heterocycles. The number of aliphatic hydroxyl groups excluding tert-OH is 1. The molecular formula is C19H29F2O5PS. The zero-order chi connectivity index (χ0) is 21.5. The summed E-state index contributed by atoms with van der Waals surface area (Å²) < 4.78 is 65.2. The second-order valence-corrected chi connectivity index (χ2v) is 10.3. The van der Waals surface area contributed by atoms with E-state index in [0.717, 1.165) is 11.1 Å². The fraction of sp³-hybridized carbons (Fsp3) is 0.579. The number of halogens is 2. The Kier molecular flexibility index (Phi) is 9.64. The van der Waals surface area contributed by atoms with Gasteiger partial charge < -0.3 is 14.2 Å². The van der Waals surface area contributed by atoms with Crippen LogP contribution in [0.15, 0.2) is 40.8 Å². The lowest BCUT2D eigenvalue weighted by Crippen LogP contribution is -2.45. The van der Waals surface area contributed by atoms with Crippen LogP contribution in [0, 0.1) is 6.92 Å². The zero-order valence-electron chi connectivity index (χ0n) is 16.9. The SMILES string of the molecule is CCOP(=O)(OCC)C(F)(F)[C@@H](O)[C@H](CC=C(C)C)S(=O)c1ccc(C)cc1. The Hall–Kier alpha value is -0.920. The third kappa shape index (κ3) is 6.04. The van der Waals surface area contributed by atoms with Gasteiger partial charge in [0.25, 0.3) is 0 Å². The molecule has 9 heteroatoms. The zero-order valence-corrected chi connectivity index (χ0v) is 18.6. The maximum atomic E-state index is 15.0. The lowest BCUT2D eigenvalue weighted by molar-refractivity contribution is -0.0659. The van der Waals surface area contributed by atoms with Crippen LogP contribution in [0.4, 0.5) is 8.78 Å². The van der Waals surface area contributed by atoms with Gasteiger partial charge >= 0.3 is 13.3 Å². The second-order valence-electron chi connectivity index (χ2n) is 6.53.